The fourth-order valence-electron chi connectivity index (χ4n) is 2.29. The minimum Gasteiger partial charge on any atom is -0.390 e. The molecule has 0 fully saturated rings. The van der Waals surface area contributed by atoms with Crippen molar-refractivity contribution in [1.82, 2.24) is 10.3 Å². The van der Waals surface area contributed by atoms with E-state index in [9.17, 15) is 22.3 Å². The highest BCUT2D eigenvalue weighted by atomic mass is 35.5. The predicted octanol–water partition coefficient (Wildman–Crippen LogP) is 1.98. The van der Waals surface area contributed by atoms with E-state index in [-0.39, 0.29) is 22.4 Å². The number of benzene rings is 1. The molecule has 0 spiro atoms. The van der Waals surface area contributed by atoms with E-state index in [2.05, 4.69) is 15.6 Å². The maximum Gasteiger partial charge on any atom is 0.266 e. The number of aliphatic hydroxyl groups is 1. The second-order valence-electron chi connectivity index (χ2n) is 6.07. The van der Waals surface area contributed by atoms with E-state index in [1.54, 1.807) is 0 Å². The number of rotatable bonds is 12. The largest absolute Gasteiger partial charge is 0.390 e. The van der Waals surface area contributed by atoms with Crippen molar-refractivity contribution in [3.63, 3.8) is 0 Å². The van der Waals surface area contributed by atoms with Crippen LogP contribution in [0.3, 0.4) is 0 Å². The molecule has 6 N–H and O–H groups in total. The summed E-state index contributed by atoms with van der Waals surface area (Å²) in [6.45, 7) is 1.78. The van der Waals surface area contributed by atoms with Gasteiger partial charge in [-0.25, -0.2) is 17.8 Å². The summed E-state index contributed by atoms with van der Waals surface area (Å²) in [5.41, 5.74) is 5.56. The van der Waals surface area contributed by atoms with Crippen LogP contribution in [0.5, 0.6) is 0 Å². The topological polar surface area (TPSA) is 129 Å². The fraction of sp³-hybridized carbons (Fsp3) is 0.438. The molecule has 2 rings (SSSR count). The Morgan fingerprint density at radius 1 is 1.28 bits per heavy atom. The number of halogens is 3. The van der Waals surface area contributed by atoms with E-state index in [1.807, 2.05) is 4.72 Å². The Kier molecular flexibility index (Phi) is 8.99. The molecule has 1 aromatic heterocycles. The van der Waals surface area contributed by atoms with Gasteiger partial charge in [-0.05, 0) is 31.5 Å². The highest BCUT2D eigenvalue weighted by Crippen LogP contribution is 2.29. The molecule has 0 saturated heterocycles. The summed E-state index contributed by atoms with van der Waals surface area (Å²) in [5, 5.41) is 14.5. The van der Waals surface area contributed by atoms with Gasteiger partial charge in [0.15, 0.2) is 10.3 Å². The third-order valence-electron chi connectivity index (χ3n) is 3.76. The van der Waals surface area contributed by atoms with Crippen LogP contribution in [-0.2, 0) is 10.0 Å². The quantitative estimate of drug-likeness (QED) is 0.300. The SMILES string of the molecule is NC[C@@H](O)CNCCCCNc1cc(F)c(S(=O)(=O)Nc2ncc(F)s2)cc1Cl. The molecule has 1 atom stereocenters. The number of anilines is 2. The molecule has 162 valence electrons. The van der Waals surface area contributed by atoms with E-state index < -0.39 is 32.0 Å². The zero-order valence-corrected chi connectivity index (χ0v) is 17.7. The van der Waals surface area contributed by atoms with Gasteiger partial charge in [0, 0.05) is 19.6 Å². The Morgan fingerprint density at radius 2 is 2.00 bits per heavy atom. The average molecular weight is 470 g/mol. The molecule has 1 aromatic carbocycles. The number of nitrogens with one attached hydrogen (secondary N) is 3. The van der Waals surface area contributed by atoms with E-state index >= 15 is 0 Å². The molecule has 8 nitrogen and oxygen atoms in total. The number of nitrogens with zero attached hydrogens (tertiary/aromatic N) is 1. The normalized spacial score (nSPS) is 12.7. The number of unbranched alkanes of at least 4 members (excludes halogenated alkanes) is 1. The molecule has 0 aliphatic rings. The predicted molar refractivity (Wildman–Crippen MR) is 110 cm³/mol. The minimum absolute atomic E-state index is 0.0290. The molecule has 0 aliphatic carbocycles. The lowest BCUT2D eigenvalue weighted by atomic mass is 10.2. The summed E-state index contributed by atoms with van der Waals surface area (Å²) in [6, 6.07) is 1.98. The first kappa shape index (κ1) is 23.7. The first-order valence-corrected chi connectivity index (χ1v) is 11.4. The molecule has 0 radical (unpaired) electrons. The van der Waals surface area contributed by atoms with Crippen molar-refractivity contribution >= 4 is 43.8 Å². The van der Waals surface area contributed by atoms with Gasteiger partial charge in [0.1, 0.15) is 10.7 Å². The van der Waals surface area contributed by atoms with Crippen molar-refractivity contribution in [3.8, 4) is 0 Å². The van der Waals surface area contributed by atoms with Gasteiger partial charge in [-0.3, -0.25) is 4.72 Å². The van der Waals surface area contributed by atoms with E-state index in [4.69, 9.17) is 17.3 Å². The van der Waals surface area contributed by atoms with Gasteiger partial charge in [0.25, 0.3) is 10.0 Å². The number of hydrogen-bond acceptors (Lipinski definition) is 8. The maximum atomic E-state index is 14.4. The van der Waals surface area contributed by atoms with Crippen LogP contribution in [0, 0.1) is 10.9 Å². The molecule has 2 aromatic rings. The Morgan fingerprint density at radius 3 is 2.66 bits per heavy atom. The number of aliphatic hydroxyl groups excluding tert-OH is 1. The molecule has 13 heteroatoms. The van der Waals surface area contributed by atoms with Crippen LogP contribution in [0.25, 0.3) is 0 Å². The zero-order valence-electron chi connectivity index (χ0n) is 15.3. The van der Waals surface area contributed by atoms with Crippen LogP contribution in [0.1, 0.15) is 12.8 Å². The average Bonchev–Trinajstić information content (AvgIpc) is 3.06. The summed E-state index contributed by atoms with van der Waals surface area (Å²) < 4.78 is 54.0. The lowest BCUT2D eigenvalue weighted by Crippen LogP contribution is -2.33. The third kappa shape index (κ3) is 7.32. The lowest BCUT2D eigenvalue weighted by molar-refractivity contribution is 0.179. The molecule has 0 unspecified atom stereocenters. The van der Waals surface area contributed by atoms with Gasteiger partial charge < -0.3 is 21.5 Å². The molecular formula is C16H22ClF2N5O3S2. The second-order valence-corrected chi connectivity index (χ2v) is 9.10. The summed E-state index contributed by atoms with van der Waals surface area (Å²) in [4.78, 5) is 2.88. The maximum absolute atomic E-state index is 14.4. The number of nitrogens with two attached hydrogens (primary N) is 1. The van der Waals surface area contributed by atoms with Gasteiger partial charge in [-0.15, -0.1) is 0 Å². The smallest absolute Gasteiger partial charge is 0.266 e. The van der Waals surface area contributed by atoms with Gasteiger partial charge in [-0.2, -0.15) is 4.39 Å². The molecule has 0 bridgehead atoms. The summed E-state index contributed by atoms with van der Waals surface area (Å²) in [6.07, 6.45) is 1.81. The second kappa shape index (κ2) is 11.0. The number of aromatic nitrogens is 1. The summed E-state index contributed by atoms with van der Waals surface area (Å²) >= 11 is 6.56. The van der Waals surface area contributed by atoms with Gasteiger partial charge in [-0.1, -0.05) is 22.9 Å². The Balaban J connectivity index is 1.90. The Hall–Kier alpha value is -1.57. The van der Waals surface area contributed by atoms with Crippen molar-refractivity contribution in [3.05, 3.63) is 34.3 Å². The Labute approximate surface area is 176 Å². The molecule has 29 heavy (non-hydrogen) atoms. The fourth-order valence-corrected chi connectivity index (χ4v) is 4.46. The van der Waals surface area contributed by atoms with Crippen molar-refractivity contribution in [2.45, 2.75) is 23.8 Å². The van der Waals surface area contributed by atoms with Crippen LogP contribution in [-0.4, -0.2) is 50.8 Å². The van der Waals surface area contributed by atoms with Crippen LogP contribution in [0.4, 0.5) is 19.6 Å². The highest BCUT2D eigenvalue weighted by Gasteiger charge is 2.23. The number of thiazole rings is 1. The van der Waals surface area contributed by atoms with Gasteiger partial charge in [0.05, 0.1) is 23.0 Å². The van der Waals surface area contributed by atoms with Crippen molar-refractivity contribution < 1.29 is 22.3 Å². The van der Waals surface area contributed by atoms with Crippen molar-refractivity contribution in [1.29, 1.82) is 0 Å². The number of hydrogen-bond donors (Lipinski definition) is 5. The zero-order chi connectivity index (χ0) is 21.4. The minimum atomic E-state index is -4.31. The summed E-state index contributed by atoms with van der Waals surface area (Å²) in [7, 11) is -4.31. The van der Waals surface area contributed by atoms with E-state index in [0.29, 0.717) is 31.0 Å². The van der Waals surface area contributed by atoms with E-state index in [0.717, 1.165) is 31.2 Å². The monoisotopic (exact) mass is 469 g/mol. The molecule has 0 aliphatic heterocycles. The first-order valence-electron chi connectivity index (χ1n) is 8.69. The van der Waals surface area contributed by atoms with Gasteiger partial charge in [0.2, 0.25) is 0 Å². The van der Waals surface area contributed by atoms with E-state index in [1.165, 1.54) is 0 Å². The first-order chi connectivity index (χ1) is 13.7. The molecule has 0 saturated carbocycles. The molecule has 0 amide bonds. The third-order valence-corrected chi connectivity index (χ3v) is 6.26. The molecular weight excluding hydrogens is 448 g/mol. The standard InChI is InChI=1S/C16H22ClF2N5O3S2/c17-11-5-14(29(26,27)24-16-23-9-15(19)28-16)12(18)6-13(11)22-4-2-1-3-21-8-10(25)7-20/h5-6,9-10,21-22,25H,1-4,7-8,20H2,(H,23,24)/t10-/m1/s1. The van der Waals surface area contributed by atoms with Crippen molar-refractivity contribution in [2.75, 3.05) is 36.2 Å². The van der Waals surface area contributed by atoms with Crippen LogP contribution < -0.4 is 21.1 Å². The van der Waals surface area contributed by atoms with Crippen LogP contribution in [0.15, 0.2) is 23.2 Å². The lowest BCUT2D eigenvalue weighted by Gasteiger charge is -2.12. The van der Waals surface area contributed by atoms with Crippen molar-refractivity contribution in [2.24, 2.45) is 5.73 Å². The Bertz CT molecular complexity index is 914. The van der Waals surface area contributed by atoms with Crippen LogP contribution in [0.2, 0.25) is 5.02 Å². The number of sulfonamides is 1. The van der Waals surface area contributed by atoms with Gasteiger partial charge >= 0.3 is 0 Å². The highest BCUT2D eigenvalue weighted by molar-refractivity contribution is 7.93. The molecule has 1 heterocycles. The summed E-state index contributed by atoms with van der Waals surface area (Å²) in [5.74, 6) is -1.00. The van der Waals surface area contributed by atoms with Crippen LogP contribution >= 0.6 is 22.9 Å².